The van der Waals surface area contributed by atoms with Crippen LogP contribution in [-0.4, -0.2) is 67.2 Å². The summed E-state index contributed by atoms with van der Waals surface area (Å²) < 4.78 is 40.9. The van der Waals surface area contributed by atoms with Gasteiger partial charge in [-0.25, -0.2) is 0 Å². The topological polar surface area (TPSA) is 61.9 Å². The molecule has 3 unspecified atom stereocenters. The molecule has 3 fully saturated rings. The molecule has 0 bridgehead atoms. The number of halogens is 3. The third kappa shape index (κ3) is 5.50. The minimum absolute atomic E-state index is 0.135. The molecule has 1 N–H and O–H groups in total. The molecule has 0 spiro atoms. The summed E-state index contributed by atoms with van der Waals surface area (Å²) >= 11 is 0. The molecule has 9 heteroatoms. The lowest BCUT2D eigenvalue weighted by molar-refractivity contribution is -0.274. The van der Waals surface area contributed by atoms with Crippen LogP contribution in [0, 0.1) is 23.7 Å². The highest BCUT2D eigenvalue weighted by Crippen LogP contribution is 2.51. The predicted molar refractivity (Wildman–Crippen MR) is 107 cm³/mol. The average molecular weight is 439 g/mol. The Morgan fingerprint density at radius 2 is 1.94 bits per heavy atom. The summed E-state index contributed by atoms with van der Waals surface area (Å²) in [5, 5.41) is 2.82. The maximum absolute atomic E-state index is 12.5. The third-order valence-electron chi connectivity index (χ3n) is 6.64. The van der Waals surface area contributed by atoms with E-state index in [0.29, 0.717) is 36.8 Å². The molecule has 1 aromatic carbocycles. The van der Waals surface area contributed by atoms with Gasteiger partial charge in [-0.3, -0.25) is 14.5 Å². The maximum atomic E-state index is 12.5. The summed E-state index contributed by atoms with van der Waals surface area (Å²) in [7, 11) is 0. The zero-order valence-electron chi connectivity index (χ0n) is 17.5. The lowest BCUT2D eigenvalue weighted by Gasteiger charge is -2.32. The lowest BCUT2D eigenvalue weighted by atomic mass is 10.0. The second-order valence-corrected chi connectivity index (χ2v) is 9.06. The number of benzene rings is 1. The zero-order chi connectivity index (χ0) is 22.2. The maximum Gasteiger partial charge on any atom is 0.573 e. The number of rotatable bonds is 6. The fourth-order valence-electron chi connectivity index (χ4n) is 5.02. The van der Waals surface area contributed by atoms with Crippen molar-refractivity contribution in [3.8, 4) is 5.75 Å². The molecule has 2 aliphatic heterocycles. The Balaban J connectivity index is 1.19. The SMILES string of the molecule is CC1CCCN(C(=O)CN2CC3C(CNC(=O)c4cccc(OC(F)(F)F)c4)C3C2)C1. The van der Waals surface area contributed by atoms with Gasteiger partial charge in [0.2, 0.25) is 5.91 Å². The van der Waals surface area contributed by atoms with Gasteiger partial charge in [0.15, 0.2) is 0 Å². The standard InChI is InChI=1S/C22H28F3N3O3/c1-14-4-3-7-28(10-14)20(29)13-27-11-18-17(19(18)12-27)9-26-21(30)15-5-2-6-16(8-15)31-22(23,24)25/h2,5-6,8,14,17-19H,3-4,7,9-13H2,1H3,(H,26,30). The number of carbonyl (C=O) groups is 2. The Kier molecular flexibility index (Phi) is 6.14. The Bertz CT molecular complexity index is 820. The number of alkyl halides is 3. The molecule has 3 aliphatic rings. The van der Waals surface area contributed by atoms with Gasteiger partial charge in [-0.1, -0.05) is 13.0 Å². The number of piperidine rings is 2. The van der Waals surface area contributed by atoms with Crippen LogP contribution in [0.1, 0.15) is 30.1 Å². The first-order valence-electron chi connectivity index (χ1n) is 10.8. The van der Waals surface area contributed by atoms with Crippen molar-refractivity contribution < 1.29 is 27.5 Å². The van der Waals surface area contributed by atoms with Gasteiger partial charge >= 0.3 is 6.36 Å². The molecular weight excluding hydrogens is 411 g/mol. The van der Waals surface area contributed by atoms with Crippen molar-refractivity contribution in [2.24, 2.45) is 23.7 Å². The van der Waals surface area contributed by atoms with Crippen LogP contribution in [0.25, 0.3) is 0 Å². The van der Waals surface area contributed by atoms with Crippen molar-refractivity contribution in [2.75, 3.05) is 39.3 Å². The highest BCUT2D eigenvalue weighted by molar-refractivity contribution is 5.94. The molecule has 4 rings (SSSR count). The molecule has 1 saturated carbocycles. The number of amides is 2. The highest BCUT2D eigenvalue weighted by Gasteiger charge is 2.55. The van der Waals surface area contributed by atoms with Crippen molar-refractivity contribution in [2.45, 2.75) is 26.1 Å². The Morgan fingerprint density at radius 3 is 2.61 bits per heavy atom. The normalized spacial score (nSPS) is 28.2. The number of nitrogens with zero attached hydrogens (tertiary/aromatic N) is 2. The van der Waals surface area contributed by atoms with E-state index in [4.69, 9.17) is 0 Å². The first-order valence-corrected chi connectivity index (χ1v) is 10.8. The van der Waals surface area contributed by atoms with Gasteiger partial charge in [0, 0.05) is 38.3 Å². The average Bonchev–Trinajstić information content (AvgIpc) is 3.15. The van der Waals surface area contributed by atoms with Crippen molar-refractivity contribution in [1.82, 2.24) is 15.1 Å². The van der Waals surface area contributed by atoms with E-state index in [1.807, 2.05) is 4.90 Å². The Hall–Kier alpha value is -2.29. The van der Waals surface area contributed by atoms with E-state index in [2.05, 4.69) is 21.9 Å². The van der Waals surface area contributed by atoms with E-state index < -0.39 is 18.0 Å². The molecule has 0 aromatic heterocycles. The second-order valence-electron chi connectivity index (χ2n) is 9.06. The van der Waals surface area contributed by atoms with Crippen molar-refractivity contribution >= 4 is 11.8 Å². The molecule has 170 valence electrons. The van der Waals surface area contributed by atoms with Crippen LogP contribution in [0.5, 0.6) is 5.75 Å². The Labute approximate surface area is 179 Å². The van der Waals surface area contributed by atoms with Crippen molar-refractivity contribution in [1.29, 1.82) is 0 Å². The van der Waals surface area contributed by atoms with Gasteiger partial charge in [0.25, 0.3) is 5.91 Å². The van der Waals surface area contributed by atoms with Gasteiger partial charge < -0.3 is 15.0 Å². The van der Waals surface area contributed by atoms with Gasteiger partial charge in [0.1, 0.15) is 5.75 Å². The molecule has 2 saturated heterocycles. The molecule has 31 heavy (non-hydrogen) atoms. The Morgan fingerprint density at radius 1 is 1.19 bits per heavy atom. The van der Waals surface area contributed by atoms with Gasteiger partial charge in [-0.15, -0.1) is 13.2 Å². The molecule has 3 atom stereocenters. The highest BCUT2D eigenvalue weighted by atomic mass is 19.4. The minimum Gasteiger partial charge on any atom is -0.406 e. The quantitative estimate of drug-likeness (QED) is 0.741. The van der Waals surface area contributed by atoms with Crippen molar-refractivity contribution in [3.63, 3.8) is 0 Å². The van der Waals surface area contributed by atoms with E-state index in [1.165, 1.54) is 18.6 Å². The third-order valence-corrected chi connectivity index (χ3v) is 6.64. The largest absolute Gasteiger partial charge is 0.573 e. The van der Waals surface area contributed by atoms with E-state index in [1.54, 1.807) is 0 Å². The number of likely N-dealkylation sites (tertiary alicyclic amines) is 2. The number of hydrogen-bond donors (Lipinski definition) is 1. The monoisotopic (exact) mass is 439 g/mol. The number of hydrogen-bond acceptors (Lipinski definition) is 4. The van der Waals surface area contributed by atoms with Crippen molar-refractivity contribution in [3.05, 3.63) is 29.8 Å². The molecule has 6 nitrogen and oxygen atoms in total. The van der Waals surface area contributed by atoms with Gasteiger partial charge in [-0.05, 0) is 54.7 Å². The van der Waals surface area contributed by atoms with Crippen LogP contribution in [0.15, 0.2) is 24.3 Å². The molecule has 2 amide bonds. The van der Waals surface area contributed by atoms with Crippen LogP contribution < -0.4 is 10.1 Å². The minimum atomic E-state index is -4.79. The van der Waals surface area contributed by atoms with Crippen LogP contribution in [-0.2, 0) is 4.79 Å². The van der Waals surface area contributed by atoms with Crippen LogP contribution in [0.2, 0.25) is 0 Å². The van der Waals surface area contributed by atoms with E-state index in [-0.39, 0.29) is 11.5 Å². The first-order chi connectivity index (χ1) is 14.7. The summed E-state index contributed by atoms with van der Waals surface area (Å²) in [5.74, 6) is 1.24. The zero-order valence-corrected chi connectivity index (χ0v) is 17.5. The second kappa shape index (κ2) is 8.68. The molecule has 0 radical (unpaired) electrons. The summed E-state index contributed by atoms with van der Waals surface area (Å²) in [6, 6.07) is 5.07. The summed E-state index contributed by atoms with van der Waals surface area (Å²) in [6.07, 6.45) is -2.53. The molecule has 2 heterocycles. The summed E-state index contributed by atoms with van der Waals surface area (Å²) in [5.41, 5.74) is 0.135. The van der Waals surface area contributed by atoms with Crippen LogP contribution >= 0.6 is 0 Å². The van der Waals surface area contributed by atoms with Crippen LogP contribution in [0.3, 0.4) is 0 Å². The predicted octanol–water partition coefficient (Wildman–Crippen LogP) is 2.75. The van der Waals surface area contributed by atoms with E-state index in [0.717, 1.165) is 44.7 Å². The van der Waals surface area contributed by atoms with E-state index in [9.17, 15) is 22.8 Å². The molecular formula is C22H28F3N3O3. The fourth-order valence-corrected chi connectivity index (χ4v) is 5.02. The summed E-state index contributed by atoms with van der Waals surface area (Å²) in [6.45, 7) is 6.55. The number of nitrogens with one attached hydrogen (secondary N) is 1. The number of fused-ring (bicyclic) bond motifs is 1. The van der Waals surface area contributed by atoms with Gasteiger partial charge in [-0.2, -0.15) is 0 Å². The van der Waals surface area contributed by atoms with Gasteiger partial charge in [0.05, 0.1) is 6.54 Å². The molecule has 1 aliphatic carbocycles. The fraction of sp³-hybridized carbons (Fsp3) is 0.636. The number of carbonyl (C=O) groups excluding carboxylic acids is 2. The number of ether oxygens (including phenoxy) is 1. The molecule has 1 aromatic rings. The lowest BCUT2D eigenvalue weighted by Crippen LogP contribution is -2.45. The smallest absolute Gasteiger partial charge is 0.406 e. The first kappa shape index (κ1) is 21.9. The van der Waals surface area contributed by atoms with E-state index >= 15 is 0 Å². The van der Waals surface area contributed by atoms with Crippen LogP contribution in [0.4, 0.5) is 13.2 Å². The summed E-state index contributed by atoms with van der Waals surface area (Å²) in [4.78, 5) is 29.0.